The van der Waals surface area contributed by atoms with E-state index in [1.54, 1.807) is 6.92 Å². The van der Waals surface area contributed by atoms with Crippen molar-refractivity contribution < 1.29 is 9.84 Å². The van der Waals surface area contributed by atoms with Gasteiger partial charge in [0, 0.05) is 19.1 Å². The van der Waals surface area contributed by atoms with Gasteiger partial charge in [-0.1, -0.05) is 0 Å². The van der Waals surface area contributed by atoms with E-state index in [1.807, 2.05) is 0 Å². The molecule has 0 spiro atoms. The Bertz CT molecular complexity index is 122. The summed E-state index contributed by atoms with van der Waals surface area (Å²) in [6.45, 7) is 8.72. The second-order valence-corrected chi connectivity index (χ2v) is 3.74. The van der Waals surface area contributed by atoms with Crippen LogP contribution in [0.2, 0.25) is 0 Å². The Balaban J connectivity index is 2.40. The minimum atomic E-state index is -0.355. The predicted octanol–water partition coefficient (Wildman–Crippen LogP) is 0.476. The van der Waals surface area contributed by atoms with Crippen molar-refractivity contribution >= 4 is 0 Å². The fourth-order valence-corrected chi connectivity index (χ4v) is 1.46. The average molecular weight is 173 g/mol. The number of aliphatic hydroxyl groups is 1. The standard InChI is InChI=1S/C9H19NO2/c1-7(2)10-4-5-12-9(6-10)8(3)11/h7-9,11H,4-6H2,1-3H3/t8-,9?/m1/s1. The lowest BCUT2D eigenvalue weighted by Gasteiger charge is -2.36. The molecule has 0 aromatic carbocycles. The molecule has 0 saturated carbocycles. The summed E-state index contributed by atoms with van der Waals surface area (Å²) in [4.78, 5) is 2.33. The van der Waals surface area contributed by atoms with Crippen LogP contribution < -0.4 is 0 Å². The van der Waals surface area contributed by atoms with E-state index >= 15 is 0 Å². The molecule has 2 atom stereocenters. The van der Waals surface area contributed by atoms with Crippen LogP contribution in [-0.4, -0.2) is 48.0 Å². The van der Waals surface area contributed by atoms with Gasteiger partial charge >= 0.3 is 0 Å². The highest BCUT2D eigenvalue weighted by Gasteiger charge is 2.25. The smallest absolute Gasteiger partial charge is 0.0958 e. The Hall–Kier alpha value is -0.120. The van der Waals surface area contributed by atoms with Crippen molar-refractivity contribution in [3.8, 4) is 0 Å². The molecule has 3 heteroatoms. The van der Waals surface area contributed by atoms with Gasteiger partial charge in [0.05, 0.1) is 18.8 Å². The molecule has 3 nitrogen and oxygen atoms in total. The van der Waals surface area contributed by atoms with Crippen LogP contribution in [0.4, 0.5) is 0 Å². The van der Waals surface area contributed by atoms with Crippen molar-refractivity contribution in [1.82, 2.24) is 4.90 Å². The van der Waals surface area contributed by atoms with Crippen molar-refractivity contribution in [2.75, 3.05) is 19.7 Å². The fraction of sp³-hybridized carbons (Fsp3) is 1.00. The first-order chi connectivity index (χ1) is 5.61. The van der Waals surface area contributed by atoms with E-state index < -0.39 is 0 Å². The molecular formula is C9H19NO2. The van der Waals surface area contributed by atoms with Gasteiger partial charge in [-0.05, 0) is 20.8 Å². The van der Waals surface area contributed by atoms with Gasteiger partial charge in [-0.15, -0.1) is 0 Å². The van der Waals surface area contributed by atoms with Gasteiger partial charge < -0.3 is 9.84 Å². The van der Waals surface area contributed by atoms with Crippen LogP contribution in [0, 0.1) is 0 Å². The number of ether oxygens (including phenoxy) is 1. The van der Waals surface area contributed by atoms with Crippen LogP contribution in [-0.2, 0) is 4.74 Å². The van der Waals surface area contributed by atoms with Gasteiger partial charge in [0.15, 0.2) is 0 Å². The summed E-state index contributed by atoms with van der Waals surface area (Å²) in [6, 6.07) is 0.551. The first-order valence-electron chi connectivity index (χ1n) is 4.65. The number of morpholine rings is 1. The molecule has 0 bridgehead atoms. The minimum absolute atomic E-state index is 0.00106. The van der Waals surface area contributed by atoms with Crippen molar-refractivity contribution in [3.05, 3.63) is 0 Å². The zero-order valence-electron chi connectivity index (χ0n) is 8.16. The maximum atomic E-state index is 9.33. The Kier molecular flexibility index (Phi) is 3.50. The molecule has 1 aliphatic rings. The summed E-state index contributed by atoms with van der Waals surface area (Å²) < 4.78 is 5.43. The summed E-state index contributed by atoms with van der Waals surface area (Å²) in [5, 5.41) is 9.33. The summed E-state index contributed by atoms with van der Waals surface area (Å²) in [5.41, 5.74) is 0. The molecule has 0 aromatic rings. The Morgan fingerprint density at radius 1 is 1.42 bits per heavy atom. The van der Waals surface area contributed by atoms with E-state index in [2.05, 4.69) is 18.7 Å². The van der Waals surface area contributed by atoms with Gasteiger partial charge in [0.2, 0.25) is 0 Å². The van der Waals surface area contributed by atoms with E-state index in [-0.39, 0.29) is 12.2 Å². The van der Waals surface area contributed by atoms with Crippen LogP contribution in [0.1, 0.15) is 20.8 Å². The van der Waals surface area contributed by atoms with Crippen molar-refractivity contribution in [2.45, 2.75) is 39.0 Å². The quantitative estimate of drug-likeness (QED) is 0.659. The van der Waals surface area contributed by atoms with Crippen LogP contribution >= 0.6 is 0 Å². The Morgan fingerprint density at radius 2 is 2.08 bits per heavy atom. The zero-order valence-corrected chi connectivity index (χ0v) is 8.16. The molecule has 1 unspecified atom stereocenters. The normalized spacial score (nSPS) is 29.2. The first-order valence-corrected chi connectivity index (χ1v) is 4.65. The number of hydrogen-bond acceptors (Lipinski definition) is 3. The van der Waals surface area contributed by atoms with E-state index in [1.165, 1.54) is 0 Å². The molecule has 1 fully saturated rings. The molecule has 1 rings (SSSR count). The highest BCUT2D eigenvalue weighted by atomic mass is 16.5. The lowest BCUT2D eigenvalue weighted by molar-refractivity contribution is -0.0890. The van der Waals surface area contributed by atoms with Crippen molar-refractivity contribution in [1.29, 1.82) is 0 Å². The maximum absolute atomic E-state index is 9.33. The van der Waals surface area contributed by atoms with Gasteiger partial charge in [0.25, 0.3) is 0 Å². The summed E-state index contributed by atoms with van der Waals surface area (Å²) >= 11 is 0. The molecule has 0 amide bonds. The van der Waals surface area contributed by atoms with Crippen LogP contribution in [0.3, 0.4) is 0 Å². The number of aliphatic hydroxyl groups excluding tert-OH is 1. The summed E-state index contributed by atoms with van der Waals surface area (Å²) in [6.07, 6.45) is -0.354. The monoisotopic (exact) mass is 173 g/mol. The van der Waals surface area contributed by atoms with Gasteiger partial charge in [0.1, 0.15) is 0 Å². The third kappa shape index (κ3) is 2.44. The Labute approximate surface area is 74.3 Å². The molecule has 0 aromatic heterocycles. The van der Waals surface area contributed by atoms with E-state index in [9.17, 15) is 5.11 Å². The van der Waals surface area contributed by atoms with E-state index in [0.29, 0.717) is 6.04 Å². The first kappa shape index (κ1) is 9.96. The molecule has 0 radical (unpaired) electrons. The molecule has 1 N–H and O–H groups in total. The topological polar surface area (TPSA) is 32.7 Å². The van der Waals surface area contributed by atoms with Crippen LogP contribution in [0.5, 0.6) is 0 Å². The van der Waals surface area contributed by atoms with Crippen LogP contribution in [0.15, 0.2) is 0 Å². The lowest BCUT2D eigenvalue weighted by atomic mass is 10.1. The van der Waals surface area contributed by atoms with E-state index in [0.717, 1.165) is 19.7 Å². The second kappa shape index (κ2) is 4.21. The highest BCUT2D eigenvalue weighted by molar-refractivity contribution is 4.76. The summed E-state index contributed by atoms with van der Waals surface area (Å²) in [7, 11) is 0. The Morgan fingerprint density at radius 3 is 2.58 bits per heavy atom. The van der Waals surface area contributed by atoms with Crippen molar-refractivity contribution in [2.24, 2.45) is 0 Å². The number of nitrogens with zero attached hydrogens (tertiary/aromatic N) is 1. The molecule has 12 heavy (non-hydrogen) atoms. The van der Waals surface area contributed by atoms with Gasteiger partial charge in [-0.3, -0.25) is 4.90 Å². The third-order valence-electron chi connectivity index (χ3n) is 2.39. The van der Waals surface area contributed by atoms with Gasteiger partial charge in [-0.25, -0.2) is 0 Å². The molecule has 1 heterocycles. The number of rotatable bonds is 2. The molecule has 0 aliphatic carbocycles. The number of hydrogen-bond donors (Lipinski definition) is 1. The molecular weight excluding hydrogens is 154 g/mol. The zero-order chi connectivity index (χ0) is 9.14. The highest BCUT2D eigenvalue weighted by Crippen LogP contribution is 2.11. The average Bonchev–Trinajstić information content (AvgIpc) is 2.04. The molecule has 1 aliphatic heterocycles. The fourth-order valence-electron chi connectivity index (χ4n) is 1.46. The SMILES string of the molecule is CC(C)N1CCOC([C@@H](C)O)C1. The van der Waals surface area contributed by atoms with Crippen LogP contribution in [0.25, 0.3) is 0 Å². The van der Waals surface area contributed by atoms with E-state index in [4.69, 9.17) is 4.74 Å². The third-order valence-corrected chi connectivity index (χ3v) is 2.39. The maximum Gasteiger partial charge on any atom is 0.0958 e. The largest absolute Gasteiger partial charge is 0.391 e. The second-order valence-electron chi connectivity index (χ2n) is 3.74. The lowest BCUT2D eigenvalue weighted by Crippen LogP contribution is -2.49. The summed E-state index contributed by atoms with van der Waals surface area (Å²) in [5.74, 6) is 0. The van der Waals surface area contributed by atoms with Crippen molar-refractivity contribution in [3.63, 3.8) is 0 Å². The molecule has 1 saturated heterocycles. The predicted molar refractivity (Wildman–Crippen MR) is 48.1 cm³/mol. The molecule has 72 valence electrons. The van der Waals surface area contributed by atoms with Gasteiger partial charge in [-0.2, -0.15) is 0 Å². The minimum Gasteiger partial charge on any atom is -0.391 e.